The normalized spacial score (nSPS) is 17.4. The van der Waals surface area contributed by atoms with Crippen LogP contribution in [0.3, 0.4) is 0 Å². The molecule has 108 valence electrons. The van der Waals surface area contributed by atoms with Crippen LogP contribution in [0, 0.1) is 0 Å². The second-order valence-electron chi connectivity index (χ2n) is 4.60. The number of halogens is 2. The Balaban J connectivity index is 2.27. The van der Waals surface area contributed by atoms with Gasteiger partial charge in [-0.1, -0.05) is 35.3 Å². The number of anilines is 1. The number of allylic oxidation sites excluding steroid dienone is 1. The molecule has 8 heteroatoms. The van der Waals surface area contributed by atoms with Gasteiger partial charge in [-0.05, 0) is 13.0 Å². The maximum absolute atomic E-state index is 11.9. The molecule has 3 N–H and O–H groups in total. The predicted octanol–water partition coefficient (Wildman–Crippen LogP) is 2.36. The van der Waals surface area contributed by atoms with E-state index in [0.717, 1.165) is 0 Å². The van der Waals surface area contributed by atoms with Gasteiger partial charge in [0.2, 0.25) is 11.9 Å². The van der Waals surface area contributed by atoms with Gasteiger partial charge in [-0.25, -0.2) is 4.68 Å². The van der Waals surface area contributed by atoms with Crippen LogP contribution >= 0.6 is 23.2 Å². The summed E-state index contributed by atoms with van der Waals surface area (Å²) >= 11 is 12.4. The molecule has 21 heavy (non-hydrogen) atoms. The van der Waals surface area contributed by atoms with E-state index in [1.807, 2.05) is 0 Å². The molecule has 0 bridgehead atoms. The third kappa shape index (κ3) is 2.16. The Labute approximate surface area is 130 Å². The van der Waals surface area contributed by atoms with Gasteiger partial charge in [0.15, 0.2) is 0 Å². The Morgan fingerprint density at radius 1 is 1.43 bits per heavy atom. The smallest absolute Gasteiger partial charge is 0.248 e. The van der Waals surface area contributed by atoms with Gasteiger partial charge in [0.1, 0.15) is 12.4 Å². The highest BCUT2D eigenvalue weighted by atomic mass is 35.5. The minimum absolute atomic E-state index is 0.360. The minimum atomic E-state index is -0.563. The van der Waals surface area contributed by atoms with E-state index in [2.05, 4.69) is 15.4 Å². The van der Waals surface area contributed by atoms with Gasteiger partial charge in [-0.3, -0.25) is 4.79 Å². The second-order valence-corrected chi connectivity index (χ2v) is 5.39. The summed E-state index contributed by atoms with van der Waals surface area (Å²) in [7, 11) is 0. The zero-order valence-electron chi connectivity index (χ0n) is 11.0. The van der Waals surface area contributed by atoms with Crippen LogP contribution < -0.4 is 11.1 Å². The first-order valence-electron chi connectivity index (χ1n) is 6.11. The molecular weight excluding hydrogens is 313 g/mol. The number of hydrogen-bond donors (Lipinski definition) is 2. The average Bonchev–Trinajstić information content (AvgIpc) is 2.88. The Kier molecular flexibility index (Phi) is 3.35. The Hall–Kier alpha value is -2.05. The number of benzene rings is 1. The zero-order chi connectivity index (χ0) is 15.1. The SMILES string of the molecule is CC1=C(C(N)=O)[C@@H](c2cccc(Cl)c2Cl)n2ncnc2N1. The summed E-state index contributed by atoms with van der Waals surface area (Å²) < 4.78 is 1.56. The Morgan fingerprint density at radius 3 is 2.90 bits per heavy atom. The van der Waals surface area contributed by atoms with E-state index in [-0.39, 0.29) is 0 Å². The molecule has 0 saturated carbocycles. The van der Waals surface area contributed by atoms with Crippen LogP contribution in [0.1, 0.15) is 18.5 Å². The summed E-state index contributed by atoms with van der Waals surface area (Å²) in [6, 6.07) is 4.66. The summed E-state index contributed by atoms with van der Waals surface area (Å²) in [4.78, 5) is 16.0. The number of carbonyl (C=O) groups is 1. The number of nitrogens with two attached hydrogens (primary N) is 1. The molecule has 0 radical (unpaired) electrons. The average molecular weight is 324 g/mol. The van der Waals surface area contributed by atoms with Crippen molar-refractivity contribution in [3.8, 4) is 0 Å². The molecule has 6 nitrogen and oxygen atoms in total. The van der Waals surface area contributed by atoms with Crippen LogP contribution in [0.4, 0.5) is 5.95 Å². The van der Waals surface area contributed by atoms with Crippen molar-refractivity contribution in [3.05, 3.63) is 51.4 Å². The van der Waals surface area contributed by atoms with Crippen LogP contribution in [-0.4, -0.2) is 20.7 Å². The summed E-state index contributed by atoms with van der Waals surface area (Å²) in [5.74, 6) is -0.0410. The molecule has 1 aliphatic rings. The molecule has 0 fully saturated rings. The lowest BCUT2D eigenvalue weighted by atomic mass is 9.95. The zero-order valence-corrected chi connectivity index (χ0v) is 12.5. The van der Waals surface area contributed by atoms with E-state index in [4.69, 9.17) is 28.9 Å². The summed E-state index contributed by atoms with van der Waals surface area (Å²) in [6.45, 7) is 1.75. The molecule has 0 aliphatic carbocycles. The number of carbonyl (C=O) groups excluding carboxylic acids is 1. The lowest BCUT2D eigenvalue weighted by molar-refractivity contribution is -0.115. The first-order chi connectivity index (χ1) is 10.0. The number of fused-ring (bicyclic) bond motifs is 1. The molecule has 1 aromatic carbocycles. The van der Waals surface area contributed by atoms with Crippen LogP contribution in [0.2, 0.25) is 10.0 Å². The number of nitrogens with zero attached hydrogens (tertiary/aromatic N) is 3. The van der Waals surface area contributed by atoms with Crippen molar-refractivity contribution in [2.24, 2.45) is 5.73 Å². The summed E-state index contributed by atoms with van der Waals surface area (Å²) in [6.07, 6.45) is 1.39. The maximum atomic E-state index is 11.9. The minimum Gasteiger partial charge on any atom is -0.366 e. The van der Waals surface area contributed by atoms with Crippen LogP contribution in [0.15, 0.2) is 35.8 Å². The molecule has 1 atom stereocenters. The van der Waals surface area contributed by atoms with E-state index >= 15 is 0 Å². The number of primary amides is 1. The lowest BCUT2D eigenvalue weighted by Crippen LogP contribution is -2.32. The highest BCUT2D eigenvalue weighted by Crippen LogP contribution is 2.39. The van der Waals surface area contributed by atoms with Gasteiger partial charge < -0.3 is 11.1 Å². The van der Waals surface area contributed by atoms with Crippen molar-refractivity contribution in [2.45, 2.75) is 13.0 Å². The van der Waals surface area contributed by atoms with E-state index < -0.39 is 11.9 Å². The number of rotatable bonds is 2. The van der Waals surface area contributed by atoms with Crippen molar-refractivity contribution in [1.29, 1.82) is 0 Å². The molecule has 0 saturated heterocycles. The molecule has 0 spiro atoms. The Bertz CT molecular complexity index is 768. The molecule has 2 heterocycles. The first-order valence-corrected chi connectivity index (χ1v) is 6.87. The maximum Gasteiger partial charge on any atom is 0.248 e. The van der Waals surface area contributed by atoms with Crippen molar-refractivity contribution in [1.82, 2.24) is 14.8 Å². The highest BCUT2D eigenvalue weighted by molar-refractivity contribution is 6.42. The molecule has 1 aliphatic heterocycles. The van der Waals surface area contributed by atoms with Crippen LogP contribution in [0.5, 0.6) is 0 Å². The third-order valence-corrected chi connectivity index (χ3v) is 4.17. The van der Waals surface area contributed by atoms with Gasteiger partial charge in [0.05, 0.1) is 15.6 Å². The quantitative estimate of drug-likeness (QED) is 0.888. The van der Waals surface area contributed by atoms with Gasteiger partial charge in [0, 0.05) is 11.3 Å². The van der Waals surface area contributed by atoms with Crippen molar-refractivity contribution in [3.63, 3.8) is 0 Å². The fourth-order valence-corrected chi connectivity index (χ4v) is 2.84. The molecule has 1 aromatic heterocycles. The molecule has 3 rings (SSSR count). The van der Waals surface area contributed by atoms with Gasteiger partial charge in [-0.2, -0.15) is 10.1 Å². The van der Waals surface area contributed by atoms with E-state index in [1.54, 1.807) is 29.8 Å². The van der Waals surface area contributed by atoms with Crippen molar-refractivity contribution < 1.29 is 4.79 Å². The van der Waals surface area contributed by atoms with Gasteiger partial charge in [-0.15, -0.1) is 0 Å². The number of aromatic nitrogens is 3. The largest absolute Gasteiger partial charge is 0.366 e. The standard InChI is InChI=1S/C13H11Cl2N5O/c1-6-9(12(16)21)11(20-13(19-6)17-5-18-20)7-3-2-4-8(14)10(7)15/h2-5,11H,1H3,(H2,16,21)(H,17,18,19)/t11-/m1/s1. The van der Waals surface area contributed by atoms with Gasteiger partial charge in [0.25, 0.3) is 0 Å². The number of nitrogens with one attached hydrogen (secondary N) is 1. The van der Waals surface area contributed by atoms with Crippen molar-refractivity contribution in [2.75, 3.05) is 5.32 Å². The van der Waals surface area contributed by atoms with E-state index in [1.165, 1.54) is 6.33 Å². The number of amides is 1. The van der Waals surface area contributed by atoms with E-state index in [0.29, 0.717) is 32.8 Å². The topological polar surface area (TPSA) is 85.8 Å². The van der Waals surface area contributed by atoms with Crippen LogP contribution in [0.25, 0.3) is 0 Å². The predicted molar refractivity (Wildman–Crippen MR) is 80.1 cm³/mol. The Morgan fingerprint density at radius 2 is 2.19 bits per heavy atom. The number of hydrogen-bond acceptors (Lipinski definition) is 4. The monoisotopic (exact) mass is 323 g/mol. The van der Waals surface area contributed by atoms with E-state index in [9.17, 15) is 4.79 Å². The molecule has 2 aromatic rings. The second kappa shape index (κ2) is 5.05. The van der Waals surface area contributed by atoms with Crippen molar-refractivity contribution >= 4 is 35.1 Å². The highest BCUT2D eigenvalue weighted by Gasteiger charge is 2.33. The molecule has 1 amide bonds. The van der Waals surface area contributed by atoms with Gasteiger partial charge >= 0.3 is 0 Å². The van der Waals surface area contributed by atoms with Crippen LogP contribution in [-0.2, 0) is 4.79 Å². The fraction of sp³-hybridized carbons (Fsp3) is 0.154. The summed E-state index contributed by atoms with van der Waals surface area (Å²) in [5, 5.41) is 7.91. The fourth-order valence-electron chi connectivity index (χ4n) is 2.43. The molecule has 0 unspecified atom stereocenters. The molecular formula is C13H11Cl2N5O. The lowest BCUT2D eigenvalue weighted by Gasteiger charge is -2.28. The summed E-state index contributed by atoms with van der Waals surface area (Å²) in [5.41, 5.74) is 7.16. The third-order valence-electron chi connectivity index (χ3n) is 3.34. The first kappa shape index (κ1) is 13.9.